The molecule has 0 spiro atoms. The maximum Gasteiger partial charge on any atom is 0.223 e. The molecule has 1 amide bonds. The second-order valence-electron chi connectivity index (χ2n) is 5.19. The number of rotatable bonds is 3. The van der Waals surface area contributed by atoms with Crippen LogP contribution in [0.25, 0.3) is 0 Å². The number of carbonyl (C=O) groups excluding carboxylic acids is 1. The third kappa shape index (κ3) is 3.16. The molecule has 1 heterocycles. The Morgan fingerprint density at radius 2 is 2.00 bits per heavy atom. The average molecular weight is 241 g/mol. The van der Waals surface area contributed by atoms with Crippen molar-refractivity contribution in [3.63, 3.8) is 0 Å². The van der Waals surface area contributed by atoms with Crippen molar-refractivity contribution in [2.45, 2.75) is 51.5 Å². The van der Waals surface area contributed by atoms with Crippen LogP contribution in [-0.2, 0) is 4.79 Å². The van der Waals surface area contributed by atoms with Gasteiger partial charge in [-0.2, -0.15) is 11.8 Å². The van der Waals surface area contributed by atoms with Crippen molar-refractivity contribution in [1.82, 2.24) is 5.32 Å². The van der Waals surface area contributed by atoms with Crippen LogP contribution in [0.15, 0.2) is 0 Å². The largest absolute Gasteiger partial charge is 0.352 e. The molecule has 2 rings (SSSR count). The summed E-state index contributed by atoms with van der Waals surface area (Å²) in [4.78, 5) is 12.0. The van der Waals surface area contributed by atoms with Gasteiger partial charge in [-0.05, 0) is 43.8 Å². The number of thioether (sulfide) groups is 1. The lowest BCUT2D eigenvalue weighted by Crippen LogP contribution is -2.40. The number of carbonyl (C=O) groups is 1. The molecule has 1 N–H and O–H groups in total. The van der Waals surface area contributed by atoms with E-state index in [2.05, 4.69) is 12.2 Å². The van der Waals surface area contributed by atoms with E-state index >= 15 is 0 Å². The summed E-state index contributed by atoms with van der Waals surface area (Å²) in [5, 5.41) is 3.22. The molecule has 92 valence electrons. The van der Waals surface area contributed by atoms with E-state index in [0.717, 1.165) is 24.5 Å². The summed E-state index contributed by atoms with van der Waals surface area (Å²) in [6.45, 7) is 2.26. The zero-order valence-electron chi connectivity index (χ0n) is 10.2. The second-order valence-corrected chi connectivity index (χ2v) is 6.34. The molecule has 1 saturated heterocycles. The first-order valence-electron chi connectivity index (χ1n) is 6.67. The molecule has 16 heavy (non-hydrogen) atoms. The normalized spacial score (nSPS) is 34.9. The van der Waals surface area contributed by atoms with Crippen LogP contribution >= 0.6 is 11.8 Å². The van der Waals surface area contributed by atoms with Crippen molar-refractivity contribution in [2.75, 3.05) is 11.5 Å². The fourth-order valence-corrected chi connectivity index (χ4v) is 3.95. The Bertz CT molecular complexity index is 230. The van der Waals surface area contributed by atoms with Gasteiger partial charge in [0.1, 0.15) is 0 Å². The molecule has 0 aromatic carbocycles. The first-order chi connectivity index (χ1) is 7.79. The van der Waals surface area contributed by atoms with E-state index in [1.165, 1.54) is 31.4 Å². The van der Waals surface area contributed by atoms with Gasteiger partial charge in [-0.1, -0.05) is 13.3 Å². The van der Waals surface area contributed by atoms with E-state index in [1.54, 1.807) is 0 Å². The number of hydrogen-bond acceptors (Lipinski definition) is 2. The predicted molar refractivity (Wildman–Crippen MR) is 69.6 cm³/mol. The van der Waals surface area contributed by atoms with Gasteiger partial charge in [-0.3, -0.25) is 4.79 Å². The molecule has 2 nitrogen and oxygen atoms in total. The van der Waals surface area contributed by atoms with E-state index < -0.39 is 0 Å². The highest BCUT2D eigenvalue weighted by molar-refractivity contribution is 7.99. The minimum absolute atomic E-state index is 0.313. The smallest absolute Gasteiger partial charge is 0.223 e. The van der Waals surface area contributed by atoms with Gasteiger partial charge in [0.15, 0.2) is 0 Å². The van der Waals surface area contributed by atoms with Crippen molar-refractivity contribution in [3.8, 4) is 0 Å². The van der Waals surface area contributed by atoms with Gasteiger partial charge in [0.25, 0.3) is 0 Å². The summed E-state index contributed by atoms with van der Waals surface area (Å²) in [6, 6.07) is 0.460. The zero-order chi connectivity index (χ0) is 11.4. The highest BCUT2D eigenvalue weighted by Gasteiger charge is 2.27. The lowest BCUT2D eigenvalue weighted by molar-refractivity contribution is -0.126. The van der Waals surface area contributed by atoms with Crippen LogP contribution in [0.5, 0.6) is 0 Å². The van der Waals surface area contributed by atoms with E-state index in [4.69, 9.17) is 0 Å². The van der Waals surface area contributed by atoms with Crippen LogP contribution in [0.1, 0.15) is 45.4 Å². The van der Waals surface area contributed by atoms with Gasteiger partial charge in [0, 0.05) is 17.7 Å². The van der Waals surface area contributed by atoms with Crippen molar-refractivity contribution in [1.29, 1.82) is 0 Å². The van der Waals surface area contributed by atoms with Gasteiger partial charge >= 0.3 is 0 Å². The molecule has 0 unspecified atom stereocenters. The molecule has 1 aliphatic heterocycles. The molecular formula is C13H23NOS. The minimum atomic E-state index is 0.313. The Labute approximate surface area is 103 Å². The Morgan fingerprint density at radius 1 is 1.25 bits per heavy atom. The fourth-order valence-electron chi connectivity index (χ4n) is 2.80. The standard InChI is InChI=1S/C13H23NOS/c1-2-10-3-5-11(6-4-10)13(15)14-12-7-8-16-9-12/h10-12H,2-9H2,1H3,(H,14,15)/t10?,11?,12-/m1/s1. The van der Waals surface area contributed by atoms with E-state index in [1.807, 2.05) is 11.8 Å². The molecule has 0 bridgehead atoms. The fraction of sp³-hybridized carbons (Fsp3) is 0.923. The molecule has 3 heteroatoms. The maximum atomic E-state index is 12.0. The summed E-state index contributed by atoms with van der Waals surface area (Å²) in [5.41, 5.74) is 0. The van der Waals surface area contributed by atoms with Crippen LogP contribution in [0.4, 0.5) is 0 Å². The predicted octanol–water partition coefficient (Wildman–Crippen LogP) is 2.82. The monoisotopic (exact) mass is 241 g/mol. The summed E-state index contributed by atoms with van der Waals surface area (Å²) >= 11 is 1.96. The lowest BCUT2D eigenvalue weighted by Gasteiger charge is -2.27. The Balaban J connectivity index is 1.73. The molecule has 1 saturated carbocycles. The molecule has 0 aromatic rings. The number of hydrogen-bond donors (Lipinski definition) is 1. The first-order valence-corrected chi connectivity index (χ1v) is 7.83. The SMILES string of the molecule is CCC1CCC(C(=O)N[C@@H]2CCSC2)CC1. The van der Waals surface area contributed by atoms with E-state index in [0.29, 0.717) is 17.9 Å². The Morgan fingerprint density at radius 3 is 2.56 bits per heavy atom. The highest BCUT2D eigenvalue weighted by atomic mass is 32.2. The topological polar surface area (TPSA) is 29.1 Å². The van der Waals surface area contributed by atoms with Crippen LogP contribution in [0.2, 0.25) is 0 Å². The number of nitrogens with one attached hydrogen (secondary N) is 1. The van der Waals surface area contributed by atoms with Crippen molar-refractivity contribution >= 4 is 17.7 Å². The summed E-state index contributed by atoms with van der Waals surface area (Å²) in [7, 11) is 0. The van der Waals surface area contributed by atoms with Crippen LogP contribution < -0.4 is 5.32 Å². The van der Waals surface area contributed by atoms with Gasteiger partial charge < -0.3 is 5.32 Å². The van der Waals surface area contributed by atoms with Gasteiger partial charge in [-0.25, -0.2) is 0 Å². The van der Waals surface area contributed by atoms with E-state index in [9.17, 15) is 4.79 Å². The quantitative estimate of drug-likeness (QED) is 0.823. The van der Waals surface area contributed by atoms with Crippen molar-refractivity contribution < 1.29 is 4.79 Å². The summed E-state index contributed by atoms with van der Waals surface area (Å²) in [6.07, 6.45) is 7.20. The Kier molecular flexibility index (Phi) is 4.56. The van der Waals surface area contributed by atoms with Crippen molar-refractivity contribution in [2.24, 2.45) is 11.8 Å². The van der Waals surface area contributed by atoms with Crippen LogP contribution in [-0.4, -0.2) is 23.5 Å². The van der Waals surface area contributed by atoms with Gasteiger partial charge in [-0.15, -0.1) is 0 Å². The van der Waals surface area contributed by atoms with Crippen molar-refractivity contribution in [3.05, 3.63) is 0 Å². The highest BCUT2D eigenvalue weighted by Crippen LogP contribution is 2.31. The molecule has 0 radical (unpaired) electrons. The zero-order valence-corrected chi connectivity index (χ0v) is 11.0. The van der Waals surface area contributed by atoms with Gasteiger partial charge in [0.2, 0.25) is 5.91 Å². The van der Waals surface area contributed by atoms with Crippen LogP contribution in [0, 0.1) is 11.8 Å². The summed E-state index contributed by atoms with van der Waals surface area (Å²) < 4.78 is 0. The molecule has 2 aliphatic rings. The number of amides is 1. The van der Waals surface area contributed by atoms with Crippen LogP contribution in [0.3, 0.4) is 0 Å². The summed E-state index contributed by atoms with van der Waals surface area (Å²) in [5.74, 6) is 3.87. The molecule has 0 aromatic heterocycles. The molecular weight excluding hydrogens is 218 g/mol. The van der Waals surface area contributed by atoms with Gasteiger partial charge in [0.05, 0.1) is 0 Å². The lowest BCUT2D eigenvalue weighted by atomic mass is 9.80. The Hall–Kier alpha value is -0.180. The third-order valence-corrected chi connectivity index (χ3v) is 5.23. The molecule has 1 atom stereocenters. The molecule has 2 fully saturated rings. The first kappa shape index (κ1) is 12.3. The minimum Gasteiger partial charge on any atom is -0.352 e. The van der Waals surface area contributed by atoms with E-state index in [-0.39, 0.29) is 0 Å². The second kappa shape index (κ2) is 5.95. The maximum absolute atomic E-state index is 12.0. The molecule has 1 aliphatic carbocycles. The third-order valence-electron chi connectivity index (χ3n) is 4.07. The average Bonchev–Trinajstić information content (AvgIpc) is 2.82.